The quantitative estimate of drug-likeness (QED) is 0.880. The van der Waals surface area contributed by atoms with Crippen molar-refractivity contribution in [3.05, 3.63) is 45.7 Å². The van der Waals surface area contributed by atoms with Gasteiger partial charge in [0.2, 0.25) is 0 Å². The molecule has 0 saturated carbocycles. The lowest BCUT2D eigenvalue weighted by Crippen LogP contribution is -2.11. The molecule has 108 valence electrons. The molecule has 1 N–H and O–H groups in total. The van der Waals surface area contributed by atoms with Gasteiger partial charge >= 0.3 is 0 Å². The zero-order chi connectivity index (χ0) is 14.5. The Kier molecular flexibility index (Phi) is 5.20. The number of ether oxygens (including phenoxy) is 1. The largest absolute Gasteiger partial charge is 0.493 e. The van der Waals surface area contributed by atoms with E-state index >= 15 is 0 Å². The Labute approximate surface area is 128 Å². The van der Waals surface area contributed by atoms with E-state index in [1.807, 2.05) is 31.0 Å². The standard InChI is InChI=1S/C15H20BrN3O/c1-11-8-13(16)9-12(10-17-2)15(11)20-7-5-14-4-6-18-19(14)3/h4,6,8-9,17H,5,7,10H2,1-3H3. The summed E-state index contributed by atoms with van der Waals surface area (Å²) in [6, 6.07) is 6.20. The van der Waals surface area contributed by atoms with E-state index in [1.165, 1.54) is 11.3 Å². The fourth-order valence-corrected chi connectivity index (χ4v) is 2.85. The molecule has 0 aliphatic rings. The Hall–Kier alpha value is -1.33. The highest BCUT2D eigenvalue weighted by atomic mass is 79.9. The first-order valence-corrected chi connectivity index (χ1v) is 7.44. The van der Waals surface area contributed by atoms with Crippen LogP contribution in [-0.4, -0.2) is 23.4 Å². The lowest BCUT2D eigenvalue weighted by atomic mass is 10.1. The van der Waals surface area contributed by atoms with Crippen LogP contribution in [0.25, 0.3) is 0 Å². The summed E-state index contributed by atoms with van der Waals surface area (Å²) < 4.78 is 8.97. The smallest absolute Gasteiger partial charge is 0.126 e. The van der Waals surface area contributed by atoms with Crippen LogP contribution in [0.2, 0.25) is 0 Å². The van der Waals surface area contributed by atoms with E-state index in [0.717, 1.165) is 28.8 Å². The topological polar surface area (TPSA) is 39.1 Å². The highest BCUT2D eigenvalue weighted by Crippen LogP contribution is 2.28. The van der Waals surface area contributed by atoms with Crippen molar-refractivity contribution in [3.63, 3.8) is 0 Å². The van der Waals surface area contributed by atoms with E-state index in [2.05, 4.69) is 45.4 Å². The van der Waals surface area contributed by atoms with E-state index in [9.17, 15) is 0 Å². The van der Waals surface area contributed by atoms with E-state index < -0.39 is 0 Å². The first kappa shape index (κ1) is 15.1. The molecular weight excluding hydrogens is 318 g/mol. The second-order valence-corrected chi connectivity index (χ2v) is 5.70. The second kappa shape index (κ2) is 6.90. The summed E-state index contributed by atoms with van der Waals surface area (Å²) in [5.41, 5.74) is 3.49. The average Bonchev–Trinajstić information content (AvgIpc) is 2.78. The summed E-state index contributed by atoms with van der Waals surface area (Å²) in [6.45, 7) is 3.52. The molecule has 2 rings (SSSR count). The fourth-order valence-electron chi connectivity index (χ4n) is 2.23. The lowest BCUT2D eigenvalue weighted by molar-refractivity contribution is 0.312. The minimum atomic E-state index is 0.652. The van der Waals surface area contributed by atoms with Crippen molar-refractivity contribution in [2.75, 3.05) is 13.7 Å². The van der Waals surface area contributed by atoms with Crippen molar-refractivity contribution < 1.29 is 4.74 Å². The van der Waals surface area contributed by atoms with Gasteiger partial charge in [-0.05, 0) is 37.7 Å². The summed E-state index contributed by atoms with van der Waals surface area (Å²) in [7, 11) is 3.89. The van der Waals surface area contributed by atoms with Crippen molar-refractivity contribution in [1.29, 1.82) is 0 Å². The van der Waals surface area contributed by atoms with E-state index in [4.69, 9.17) is 4.74 Å². The number of nitrogens with one attached hydrogen (secondary N) is 1. The van der Waals surface area contributed by atoms with Gasteiger partial charge in [0.25, 0.3) is 0 Å². The highest BCUT2D eigenvalue weighted by molar-refractivity contribution is 9.10. The molecule has 20 heavy (non-hydrogen) atoms. The maximum absolute atomic E-state index is 6.00. The van der Waals surface area contributed by atoms with Gasteiger partial charge in [-0.1, -0.05) is 15.9 Å². The predicted octanol–water partition coefficient (Wildman–Crippen LogP) is 2.83. The Balaban J connectivity index is 2.06. The van der Waals surface area contributed by atoms with Crippen molar-refractivity contribution in [2.45, 2.75) is 19.9 Å². The van der Waals surface area contributed by atoms with Gasteiger partial charge in [0.1, 0.15) is 5.75 Å². The molecular formula is C15H20BrN3O. The summed E-state index contributed by atoms with van der Waals surface area (Å²) >= 11 is 3.53. The van der Waals surface area contributed by atoms with Crippen LogP contribution in [0, 0.1) is 6.92 Å². The first-order valence-electron chi connectivity index (χ1n) is 6.65. The van der Waals surface area contributed by atoms with Crippen molar-refractivity contribution >= 4 is 15.9 Å². The molecule has 1 aromatic carbocycles. The zero-order valence-corrected chi connectivity index (χ0v) is 13.7. The molecule has 0 amide bonds. The van der Waals surface area contributed by atoms with Gasteiger partial charge < -0.3 is 10.1 Å². The van der Waals surface area contributed by atoms with Crippen molar-refractivity contribution in [3.8, 4) is 5.75 Å². The Bertz CT molecular complexity index is 580. The molecule has 0 saturated heterocycles. The Morgan fingerprint density at radius 2 is 2.20 bits per heavy atom. The minimum absolute atomic E-state index is 0.652. The number of hydrogen-bond acceptors (Lipinski definition) is 3. The summed E-state index contributed by atoms with van der Waals surface area (Å²) in [5.74, 6) is 0.977. The number of halogens is 1. The van der Waals surface area contributed by atoms with Gasteiger partial charge in [-0.3, -0.25) is 4.68 Å². The number of rotatable bonds is 6. The SMILES string of the molecule is CNCc1cc(Br)cc(C)c1OCCc1ccnn1C. The van der Waals surface area contributed by atoms with Gasteiger partial charge in [-0.15, -0.1) is 0 Å². The van der Waals surface area contributed by atoms with Crippen LogP contribution in [0.4, 0.5) is 0 Å². The minimum Gasteiger partial charge on any atom is -0.493 e. The van der Waals surface area contributed by atoms with Gasteiger partial charge in [0.05, 0.1) is 6.61 Å². The number of aryl methyl sites for hydroxylation is 2. The van der Waals surface area contributed by atoms with Gasteiger partial charge in [-0.25, -0.2) is 0 Å². The van der Waals surface area contributed by atoms with Crippen LogP contribution >= 0.6 is 15.9 Å². The first-order chi connectivity index (χ1) is 9.61. The monoisotopic (exact) mass is 337 g/mol. The van der Waals surface area contributed by atoms with E-state index in [0.29, 0.717) is 6.61 Å². The second-order valence-electron chi connectivity index (χ2n) is 4.79. The molecule has 0 bridgehead atoms. The number of aromatic nitrogens is 2. The number of hydrogen-bond donors (Lipinski definition) is 1. The van der Waals surface area contributed by atoms with Gasteiger partial charge in [0.15, 0.2) is 0 Å². The molecule has 0 radical (unpaired) electrons. The maximum Gasteiger partial charge on any atom is 0.126 e. The van der Waals surface area contributed by atoms with E-state index in [-0.39, 0.29) is 0 Å². The molecule has 2 aromatic rings. The summed E-state index contributed by atoms with van der Waals surface area (Å²) in [6.07, 6.45) is 2.66. The summed E-state index contributed by atoms with van der Waals surface area (Å²) in [5, 5.41) is 7.34. The molecule has 4 nitrogen and oxygen atoms in total. The van der Waals surface area contributed by atoms with Gasteiger partial charge in [-0.2, -0.15) is 5.10 Å². The maximum atomic E-state index is 6.00. The number of nitrogens with zero attached hydrogens (tertiary/aromatic N) is 2. The van der Waals surface area contributed by atoms with Crippen LogP contribution in [0.3, 0.4) is 0 Å². The third-order valence-corrected chi connectivity index (χ3v) is 3.67. The average molecular weight is 338 g/mol. The fraction of sp³-hybridized carbons (Fsp3) is 0.400. The van der Waals surface area contributed by atoms with Crippen LogP contribution in [0.15, 0.2) is 28.9 Å². The molecule has 0 fully saturated rings. The van der Waals surface area contributed by atoms with Gasteiger partial charge in [0, 0.05) is 41.9 Å². The van der Waals surface area contributed by atoms with Crippen molar-refractivity contribution in [2.24, 2.45) is 7.05 Å². The molecule has 1 aromatic heterocycles. The van der Waals surface area contributed by atoms with Crippen LogP contribution in [0.1, 0.15) is 16.8 Å². The third kappa shape index (κ3) is 3.61. The normalized spacial score (nSPS) is 10.8. The molecule has 5 heteroatoms. The van der Waals surface area contributed by atoms with Crippen molar-refractivity contribution in [1.82, 2.24) is 15.1 Å². The lowest BCUT2D eigenvalue weighted by Gasteiger charge is -2.15. The van der Waals surface area contributed by atoms with Crippen LogP contribution < -0.4 is 10.1 Å². The predicted molar refractivity (Wildman–Crippen MR) is 84.0 cm³/mol. The molecule has 0 spiro atoms. The summed E-state index contributed by atoms with van der Waals surface area (Å²) in [4.78, 5) is 0. The van der Waals surface area contributed by atoms with E-state index in [1.54, 1.807) is 0 Å². The molecule has 0 unspecified atom stereocenters. The molecule has 1 heterocycles. The third-order valence-electron chi connectivity index (χ3n) is 3.21. The Morgan fingerprint density at radius 1 is 1.40 bits per heavy atom. The zero-order valence-electron chi connectivity index (χ0n) is 12.1. The number of benzene rings is 1. The van der Waals surface area contributed by atoms with Crippen LogP contribution in [-0.2, 0) is 20.0 Å². The Morgan fingerprint density at radius 3 is 2.85 bits per heavy atom. The molecule has 0 atom stereocenters. The van der Waals surface area contributed by atoms with Crippen LogP contribution in [0.5, 0.6) is 5.75 Å². The highest BCUT2D eigenvalue weighted by Gasteiger charge is 2.09. The molecule has 0 aliphatic heterocycles. The molecule has 0 aliphatic carbocycles.